The molecule has 1 radical (unpaired) electrons. The van der Waals surface area contributed by atoms with E-state index in [9.17, 15) is 0 Å². The van der Waals surface area contributed by atoms with Gasteiger partial charge in [-0.3, -0.25) is 0 Å². The van der Waals surface area contributed by atoms with Gasteiger partial charge < -0.3 is 17.4 Å². The van der Waals surface area contributed by atoms with Crippen molar-refractivity contribution >= 4 is 21.8 Å². The number of hydrogen-bond donors (Lipinski definition) is 0. The quantitative estimate of drug-likeness (QED) is 0.217. The first kappa shape index (κ1) is 16.1. The molecule has 0 aliphatic heterocycles. The van der Waals surface area contributed by atoms with Crippen LogP contribution in [0.2, 0.25) is 0 Å². The average molecular weight is 464 g/mol. The summed E-state index contributed by atoms with van der Waals surface area (Å²) in [7, 11) is 0. The Bertz CT molecular complexity index is 851. The summed E-state index contributed by atoms with van der Waals surface area (Å²) in [5.41, 5.74) is 3.66. The predicted octanol–water partition coefficient (Wildman–Crippen LogP) is 4.79. The summed E-state index contributed by atoms with van der Waals surface area (Å²) >= 11 is 0. The van der Waals surface area contributed by atoms with Crippen LogP contribution in [0, 0.1) is 18.9 Å². The maximum atomic E-state index is 5.25. The van der Waals surface area contributed by atoms with Crippen molar-refractivity contribution < 1.29 is 22.4 Å². The van der Waals surface area contributed by atoms with Gasteiger partial charge in [0, 0.05) is 33.6 Å². The average Bonchev–Trinajstić information content (AvgIpc) is 2.92. The zero-order valence-corrected chi connectivity index (χ0v) is 13.9. The van der Waals surface area contributed by atoms with Crippen molar-refractivity contribution in [2.75, 3.05) is 0 Å². The fourth-order valence-electron chi connectivity index (χ4n) is 2.71. The van der Waals surface area contributed by atoms with Gasteiger partial charge in [0.25, 0.3) is 0 Å². The molecule has 0 fully saturated rings. The van der Waals surface area contributed by atoms with Gasteiger partial charge >= 0.3 is 0 Å². The Kier molecular flexibility index (Phi) is 5.25. The second-order valence-electron chi connectivity index (χ2n) is 4.63. The molecule has 0 N–H and O–H groups in total. The molecular formula is C20H13AuN-2. The van der Waals surface area contributed by atoms with Crippen molar-refractivity contribution in [1.82, 2.24) is 4.57 Å². The van der Waals surface area contributed by atoms with E-state index in [1.165, 1.54) is 27.5 Å². The first-order valence-corrected chi connectivity index (χ1v) is 6.69. The minimum atomic E-state index is 0. The molecule has 4 rings (SSSR count). The summed E-state index contributed by atoms with van der Waals surface area (Å²) in [5, 5.41) is 2.53. The van der Waals surface area contributed by atoms with Gasteiger partial charge in [0.1, 0.15) is 0 Å². The number of rotatable bonds is 1. The number of benzene rings is 3. The molecule has 3 aromatic carbocycles. The number of terminal acetylenes is 1. The Labute approximate surface area is 146 Å². The number of para-hydroxylation sites is 2. The van der Waals surface area contributed by atoms with Crippen LogP contribution in [-0.4, -0.2) is 4.57 Å². The standard InChI is InChI=1S/C18H12N.C2H.Au/c1-2-8-14(9-3-1)19-17-12-6-4-10-15(17)16-11-5-7-13-18(16)19;1-2;/h1-4,6-13H;1H;/q2*-1;. The van der Waals surface area contributed by atoms with Crippen molar-refractivity contribution in [3.8, 4) is 12.1 Å². The molecule has 0 bridgehead atoms. The Morgan fingerprint density at radius 2 is 1.41 bits per heavy atom. The monoisotopic (exact) mass is 464 g/mol. The maximum Gasteiger partial charge on any atom is 0.0438 e. The predicted molar refractivity (Wildman–Crippen MR) is 87.8 cm³/mol. The number of aromatic nitrogens is 1. The number of hydrogen-bond acceptors (Lipinski definition) is 0. The van der Waals surface area contributed by atoms with Gasteiger partial charge in [-0.2, -0.15) is 18.2 Å². The fourth-order valence-corrected chi connectivity index (χ4v) is 2.71. The molecular weight excluding hydrogens is 451 g/mol. The van der Waals surface area contributed by atoms with E-state index in [1.807, 2.05) is 12.1 Å². The Morgan fingerprint density at radius 1 is 0.773 bits per heavy atom. The van der Waals surface area contributed by atoms with Gasteiger partial charge in [0.05, 0.1) is 0 Å². The molecule has 0 saturated carbocycles. The third-order valence-electron chi connectivity index (χ3n) is 3.53. The molecule has 1 aromatic heterocycles. The Morgan fingerprint density at radius 3 is 2.18 bits per heavy atom. The normalized spacial score (nSPS) is 9.73. The molecule has 0 aliphatic carbocycles. The van der Waals surface area contributed by atoms with Gasteiger partial charge in [0.15, 0.2) is 0 Å². The van der Waals surface area contributed by atoms with Crippen LogP contribution in [-0.2, 0) is 22.4 Å². The van der Waals surface area contributed by atoms with Gasteiger partial charge in [-0.15, -0.1) is 11.5 Å². The fraction of sp³-hybridized carbons (Fsp3) is 0. The maximum absolute atomic E-state index is 5.25. The summed E-state index contributed by atoms with van der Waals surface area (Å²) < 4.78 is 2.30. The van der Waals surface area contributed by atoms with Crippen LogP contribution in [0.15, 0.2) is 72.8 Å². The van der Waals surface area contributed by atoms with Crippen LogP contribution < -0.4 is 0 Å². The molecule has 0 aliphatic rings. The van der Waals surface area contributed by atoms with Crippen LogP contribution >= 0.6 is 0 Å². The second-order valence-corrected chi connectivity index (χ2v) is 4.63. The van der Waals surface area contributed by atoms with Gasteiger partial charge in [-0.05, 0) is 23.6 Å². The molecule has 1 nitrogen and oxygen atoms in total. The first-order chi connectivity index (χ1) is 10.4. The van der Waals surface area contributed by atoms with Crippen LogP contribution in [0.4, 0.5) is 0 Å². The van der Waals surface area contributed by atoms with Crippen molar-refractivity contribution in [1.29, 1.82) is 0 Å². The third-order valence-corrected chi connectivity index (χ3v) is 3.53. The van der Waals surface area contributed by atoms with Gasteiger partial charge in [-0.1, -0.05) is 41.9 Å². The molecule has 0 unspecified atom stereocenters. The molecule has 22 heavy (non-hydrogen) atoms. The van der Waals surface area contributed by atoms with Gasteiger partial charge in [-0.25, -0.2) is 0 Å². The zero-order chi connectivity index (χ0) is 14.7. The number of nitrogens with zero attached hydrogens (tertiary/aromatic N) is 1. The largest absolute Gasteiger partial charge is 0.697 e. The van der Waals surface area contributed by atoms with E-state index in [2.05, 4.69) is 77.7 Å². The summed E-state index contributed by atoms with van der Waals surface area (Å²) in [4.78, 5) is 0. The van der Waals surface area contributed by atoms with Crippen LogP contribution in [0.3, 0.4) is 0 Å². The molecule has 0 saturated heterocycles. The zero-order valence-electron chi connectivity index (χ0n) is 11.8. The van der Waals surface area contributed by atoms with Crippen molar-refractivity contribution in [2.45, 2.75) is 0 Å². The summed E-state index contributed by atoms with van der Waals surface area (Å²) in [6.45, 7) is 0. The topological polar surface area (TPSA) is 4.93 Å². The third kappa shape index (κ3) is 2.61. The minimum Gasteiger partial charge on any atom is -0.697 e. The second kappa shape index (κ2) is 7.15. The molecule has 0 atom stereocenters. The van der Waals surface area contributed by atoms with E-state index >= 15 is 0 Å². The van der Waals surface area contributed by atoms with Crippen molar-refractivity contribution in [3.05, 3.63) is 85.3 Å². The molecule has 2 heteroatoms. The molecule has 0 amide bonds. The van der Waals surface area contributed by atoms with Crippen LogP contribution in [0.1, 0.15) is 0 Å². The summed E-state index contributed by atoms with van der Waals surface area (Å²) in [5.74, 6) is 0. The number of fused-ring (bicyclic) bond motifs is 3. The minimum absolute atomic E-state index is 0. The van der Waals surface area contributed by atoms with Gasteiger partial charge in [0.2, 0.25) is 0 Å². The molecule has 1 heterocycles. The van der Waals surface area contributed by atoms with E-state index < -0.39 is 0 Å². The van der Waals surface area contributed by atoms with Crippen molar-refractivity contribution in [2.24, 2.45) is 0 Å². The van der Waals surface area contributed by atoms with Crippen LogP contribution in [0.5, 0.6) is 0 Å². The van der Waals surface area contributed by atoms with E-state index in [0.29, 0.717) is 0 Å². The Hall–Kier alpha value is -2.24. The van der Waals surface area contributed by atoms with E-state index in [4.69, 9.17) is 6.42 Å². The molecule has 0 spiro atoms. The summed E-state index contributed by atoms with van der Waals surface area (Å²) in [6.07, 6.45) is 9.00. The van der Waals surface area contributed by atoms with E-state index in [-0.39, 0.29) is 22.4 Å². The molecule has 4 aromatic rings. The van der Waals surface area contributed by atoms with Crippen LogP contribution in [0.25, 0.3) is 27.5 Å². The SMILES string of the molecule is [Au].[C-]#C.[c-]1ccc2c(c1)c1ccccc1n2-c1ccccc1. The first-order valence-electron chi connectivity index (χ1n) is 6.69. The van der Waals surface area contributed by atoms with E-state index in [1.54, 1.807) is 0 Å². The smallest absolute Gasteiger partial charge is 0.0438 e. The Balaban J connectivity index is 0.000000566. The molecule has 111 valence electrons. The summed E-state index contributed by atoms with van der Waals surface area (Å²) in [6, 6.07) is 28.3. The van der Waals surface area contributed by atoms with Crippen molar-refractivity contribution in [3.63, 3.8) is 0 Å². The van der Waals surface area contributed by atoms with E-state index in [0.717, 1.165) is 0 Å².